The van der Waals surface area contributed by atoms with Crippen molar-refractivity contribution in [2.75, 3.05) is 6.61 Å². The summed E-state index contributed by atoms with van der Waals surface area (Å²) < 4.78 is 6.32. The summed E-state index contributed by atoms with van der Waals surface area (Å²) in [4.78, 5) is 0. The minimum atomic E-state index is 0.204. The standard InChI is InChI=1S/C25H22O/c1-3-9-18(10-4-1)15-20-17-26-25-22-14-8-7-13-21(22)23(24(20)25)16-19-11-5-2-6-12-19/h1-14,16,20,24-25H,15,17H2/b23-16+/t20?,24-,25+/m0/s1. The van der Waals surface area contributed by atoms with Crippen LogP contribution in [-0.4, -0.2) is 6.61 Å². The molecule has 26 heavy (non-hydrogen) atoms. The van der Waals surface area contributed by atoms with Crippen LogP contribution in [-0.2, 0) is 11.2 Å². The number of rotatable bonds is 3. The zero-order valence-corrected chi connectivity index (χ0v) is 14.7. The molecule has 1 aliphatic heterocycles. The molecule has 1 heteroatoms. The van der Waals surface area contributed by atoms with Crippen molar-refractivity contribution in [1.29, 1.82) is 0 Å². The molecule has 3 aromatic carbocycles. The SMILES string of the molecule is C(=C1/c2ccccc2[C@H]2OCC(Cc3ccccc3)[C@@H]12)/c1ccccc1. The molecule has 128 valence electrons. The smallest absolute Gasteiger partial charge is 0.0903 e. The molecule has 2 aliphatic rings. The van der Waals surface area contributed by atoms with E-state index in [0.717, 1.165) is 13.0 Å². The lowest BCUT2D eigenvalue weighted by atomic mass is 9.83. The number of hydrogen-bond acceptors (Lipinski definition) is 1. The average Bonchev–Trinajstić information content (AvgIpc) is 3.24. The van der Waals surface area contributed by atoms with Crippen LogP contribution in [0.5, 0.6) is 0 Å². The molecule has 1 unspecified atom stereocenters. The largest absolute Gasteiger partial charge is 0.373 e. The summed E-state index contributed by atoms with van der Waals surface area (Å²) in [5, 5.41) is 0. The van der Waals surface area contributed by atoms with Crippen molar-refractivity contribution in [3.05, 3.63) is 107 Å². The Kier molecular flexibility index (Phi) is 3.95. The van der Waals surface area contributed by atoms with E-state index in [9.17, 15) is 0 Å². The van der Waals surface area contributed by atoms with Gasteiger partial charge in [0.05, 0.1) is 12.7 Å². The van der Waals surface area contributed by atoms with E-state index in [-0.39, 0.29) is 6.10 Å². The first-order valence-corrected chi connectivity index (χ1v) is 9.41. The molecule has 1 heterocycles. The van der Waals surface area contributed by atoms with Gasteiger partial charge in [-0.05, 0) is 40.2 Å². The van der Waals surface area contributed by atoms with Crippen LogP contribution in [0.1, 0.15) is 28.4 Å². The summed E-state index contributed by atoms with van der Waals surface area (Å²) in [7, 11) is 0. The van der Waals surface area contributed by atoms with E-state index in [0.29, 0.717) is 11.8 Å². The van der Waals surface area contributed by atoms with E-state index in [1.807, 2.05) is 0 Å². The van der Waals surface area contributed by atoms with Gasteiger partial charge in [0.15, 0.2) is 0 Å². The van der Waals surface area contributed by atoms with Crippen LogP contribution in [0.2, 0.25) is 0 Å². The minimum Gasteiger partial charge on any atom is -0.373 e. The number of ether oxygens (including phenoxy) is 1. The first-order valence-electron chi connectivity index (χ1n) is 9.41. The van der Waals surface area contributed by atoms with E-state index < -0.39 is 0 Å². The molecule has 3 aromatic rings. The highest BCUT2D eigenvalue weighted by Gasteiger charge is 2.46. The van der Waals surface area contributed by atoms with Gasteiger partial charge in [0.25, 0.3) is 0 Å². The van der Waals surface area contributed by atoms with Crippen LogP contribution < -0.4 is 0 Å². The van der Waals surface area contributed by atoms with E-state index in [4.69, 9.17) is 4.74 Å². The van der Waals surface area contributed by atoms with Crippen LogP contribution in [0.15, 0.2) is 84.9 Å². The Bertz CT molecular complexity index is 927. The Hall–Kier alpha value is -2.64. The van der Waals surface area contributed by atoms with Crippen molar-refractivity contribution < 1.29 is 4.74 Å². The van der Waals surface area contributed by atoms with Gasteiger partial charge in [0.1, 0.15) is 0 Å². The fourth-order valence-electron chi connectivity index (χ4n) is 4.58. The van der Waals surface area contributed by atoms with Crippen molar-refractivity contribution in [1.82, 2.24) is 0 Å². The van der Waals surface area contributed by atoms with Crippen molar-refractivity contribution in [3.8, 4) is 0 Å². The highest BCUT2D eigenvalue weighted by atomic mass is 16.5. The molecule has 1 nitrogen and oxygen atoms in total. The maximum Gasteiger partial charge on any atom is 0.0903 e. The van der Waals surface area contributed by atoms with E-state index in [1.54, 1.807) is 0 Å². The molecular weight excluding hydrogens is 316 g/mol. The van der Waals surface area contributed by atoms with Gasteiger partial charge in [-0.3, -0.25) is 0 Å². The second-order valence-electron chi connectivity index (χ2n) is 7.33. The van der Waals surface area contributed by atoms with Crippen molar-refractivity contribution in [2.45, 2.75) is 12.5 Å². The van der Waals surface area contributed by atoms with Crippen LogP contribution in [0.4, 0.5) is 0 Å². The summed E-state index contributed by atoms with van der Waals surface area (Å²) in [6.45, 7) is 0.838. The van der Waals surface area contributed by atoms with Crippen LogP contribution in [0.25, 0.3) is 11.6 Å². The molecule has 0 amide bonds. The molecule has 1 aliphatic carbocycles. The van der Waals surface area contributed by atoms with Gasteiger partial charge in [0.2, 0.25) is 0 Å². The van der Waals surface area contributed by atoms with Gasteiger partial charge in [-0.25, -0.2) is 0 Å². The van der Waals surface area contributed by atoms with E-state index >= 15 is 0 Å². The maximum atomic E-state index is 6.32. The van der Waals surface area contributed by atoms with Gasteiger partial charge < -0.3 is 4.74 Å². The molecule has 5 rings (SSSR count). The second kappa shape index (κ2) is 6.59. The lowest BCUT2D eigenvalue weighted by Crippen LogP contribution is -2.14. The van der Waals surface area contributed by atoms with Crippen LogP contribution >= 0.6 is 0 Å². The Balaban J connectivity index is 1.56. The topological polar surface area (TPSA) is 9.23 Å². The third-order valence-corrected chi connectivity index (χ3v) is 5.72. The fraction of sp³-hybridized carbons (Fsp3) is 0.200. The van der Waals surface area contributed by atoms with Gasteiger partial charge in [-0.2, -0.15) is 0 Å². The first-order chi connectivity index (χ1) is 12.9. The predicted octanol–water partition coefficient (Wildman–Crippen LogP) is 5.79. The maximum absolute atomic E-state index is 6.32. The van der Waals surface area contributed by atoms with E-state index in [1.165, 1.54) is 27.8 Å². The van der Waals surface area contributed by atoms with Gasteiger partial charge in [0, 0.05) is 5.92 Å². The summed E-state index contributed by atoms with van der Waals surface area (Å²) >= 11 is 0. The van der Waals surface area contributed by atoms with Crippen molar-refractivity contribution in [3.63, 3.8) is 0 Å². The van der Waals surface area contributed by atoms with Crippen LogP contribution in [0, 0.1) is 11.8 Å². The first kappa shape index (κ1) is 15.6. The Morgan fingerprint density at radius 3 is 2.31 bits per heavy atom. The summed E-state index contributed by atoms with van der Waals surface area (Å²) in [5.41, 5.74) is 6.83. The third kappa shape index (κ3) is 2.69. The molecular formula is C25H22O. The Morgan fingerprint density at radius 1 is 0.808 bits per heavy atom. The number of fused-ring (bicyclic) bond motifs is 3. The fourth-order valence-corrected chi connectivity index (χ4v) is 4.58. The molecule has 0 N–H and O–H groups in total. The quantitative estimate of drug-likeness (QED) is 0.587. The Morgan fingerprint density at radius 2 is 1.50 bits per heavy atom. The van der Waals surface area contributed by atoms with Crippen molar-refractivity contribution in [2.24, 2.45) is 11.8 Å². The monoisotopic (exact) mass is 338 g/mol. The minimum absolute atomic E-state index is 0.204. The average molecular weight is 338 g/mol. The number of benzene rings is 3. The molecule has 0 bridgehead atoms. The summed E-state index contributed by atoms with van der Waals surface area (Å²) in [6, 6.07) is 30.2. The second-order valence-corrected chi connectivity index (χ2v) is 7.33. The highest BCUT2D eigenvalue weighted by molar-refractivity contribution is 5.87. The normalized spacial score (nSPS) is 25.2. The molecule has 3 atom stereocenters. The molecule has 0 spiro atoms. The predicted molar refractivity (Wildman–Crippen MR) is 107 cm³/mol. The third-order valence-electron chi connectivity index (χ3n) is 5.72. The molecule has 1 fully saturated rings. The van der Waals surface area contributed by atoms with E-state index in [2.05, 4.69) is 91.0 Å². The highest BCUT2D eigenvalue weighted by Crippen LogP contribution is 2.54. The molecule has 0 saturated carbocycles. The molecule has 0 radical (unpaired) electrons. The molecule has 1 saturated heterocycles. The summed E-state index contributed by atoms with van der Waals surface area (Å²) in [5.74, 6) is 0.956. The lowest BCUT2D eigenvalue weighted by molar-refractivity contribution is 0.102. The van der Waals surface area contributed by atoms with Crippen molar-refractivity contribution >= 4 is 11.6 Å². The zero-order chi connectivity index (χ0) is 17.3. The Labute approximate surface area is 155 Å². The van der Waals surface area contributed by atoms with Gasteiger partial charge >= 0.3 is 0 Å². The summed E-state index contributed by atoms with van der Waals surface area (Å²) in [6.07, 6.45) is 3.65. The van der Waals surface area contributed by atoms with Gasteiger partial charge in [-0.1, -0.05) is 91.0 Å². The molecule has 0 aromatic heterocycles. The zero-order valence-electron chi connectivity index (χ0n) is 14.7. The van der Waals surface area contributed by atoms with Gasteiger partial charge in [-0.15, -0.1) is 0 Å². The number of hydrogen-bond donors (Lipinski definition) is 0. The lowest BCUT2D eigenvalue weighted by Gasteiger charge is -2.19. The van der Waals surface area contributed by atoms with Crippen LogP contribution in [0.3, 0.4) is 0 Å².